The van der Waals surface area contributed by atoms with Crippen molar-refractivity contribution in [2.45, 2.75) is 6.61 Å². The van der Waals surface area contributed by atoms with Gasteiger partial charge < -0.3 is 9.47 Å². The summed E-state index contributed by atoms with van der Waals surface area (Å²) in [4.78, 5) is 0. The van der Waals surface area contributed by atoms with E-state index in [1.165, 1.54) is 16.8 Å². The van der Waals surface area contributed by atoms with E-state index in [4.69, 9.17) is 33.3 Å². The molecule has 0 aliphatic rings. The number of nitrogens with one attached hydrogen (secondary N) is 1. The lowest BCUT2D eigenvalue weighted by Crippen LogP contribution is -1.99. The number of nitrogens with zero attached hydrogens (tertiary/aromatic N) is 3. The first-order valence-corrected chi connectivity index (χ1v) is 10.3. The third-order valence-electron chi connectivity index (χ3n) is 4.55. The van der Waals surface area contributed by atoms with E-state index in [1.54, 1.807) is 49.7 Å². The van der Waals surface area contributed by atoms with Gasteiger partial charge in [0.15, 0.2) is 17.3 Å². The summed E-state index contributed by atoms with van der Waals surface area (Å²) in [7, 11) is 1.56. The summed E-state index contributed by atoms with van der Waals surface area (Å²) in [6.07, 6.45) is 1.64. The van der Waals surface area contributed by atoms with Gasteiger partial charge >= 0.3 is 0 Å². The molecule has 0 saturated heterocycles. The van der Waals surface area contributed by atoms with Gasteiger partial charge in [0.1, 0.15) is 12.4 Å². The van der Waals surface area contributed by atoms with Crippen molar-refractivity contribution in [1.82, 2.24) is 14.9 Å². The standard InChI is InChI=1S/C23H18ClFN4O2S/c1-30-21-11-16(7-10-20(21)31-14-15-5-8-19(25)9-6-15)13-26-29-22(27-28-23(29)32)17-3-2-4-18(24)12-17/h2-13H,14H2,1H3,(H,28,32)/b26-13-. The number of aromatic amines is 1. The molecule has 1 aromatic heterocycles. The number of ether oxygens (including phenoxy) is 2. The molecule has 0 fully saturated rings. The van der Waals surface area contributed by atoms with Crippen LogP contribution in [0.4, 0.5) is 4.39 Å². The summed E-state index contributed by atoms with van der Waals surface area (Å²) in [5.74, 6) is 1.36. The molecule has 0 radical (unpaired) electrons. The molecule has 1 N–H and O–H groups in total. The van der Waals surface area contributed by atoms with Gasteiger partial charge in [-0.1, -0.05) is 35.9 Å². The highest BCUT2D eigenvalue weighted by Crippen LogP contribution is 2.28. The molecule has 9 heteroatoms. The summed E-state index contributed by atoms with van der Waals surface area (Å²) < 4.78 is 26.2. The molecule has 4 rings (SSSR count). The van der Waals surface area contributed by atoms with E-state index in [1.807, 2.05) is 18.2 Å². The van der Waals surface area contributed by atoms with Crippen molar-refractivity contribution in [2.75, 3.05) is 7.11 Å². The number of hydrogen-bond acceptors (Lipinski definition) is 5. The minimum atomic E-state index is -0.286. The highest BCUT2D eigenvalue weighted by molar-refractivity contribution is 7.71. The Hall–Kier alpha value is -3.49. The fourth-order valence-electron chi connectivity index (χ4n) is 2.96. The van der Waals surface area contributed by atoms with Crippen molar-refractivity contribution in [3.05, 3.63) is 93.5 Å². The lowest BCUT2D eigenvalue weighted by molar-refractivity contribution is 0.284. The molecule has 32 heavy (non-hydrogen) atoms. The van der Waals surface area contributed by atoms with E-state index in [9.17, 15) is 4.39 Å². The molecule has 6 nitrogen and oxygen atoms in total. The molecule has 0 amide bonds. The summed E-state index contributed by atoms with van der Waals surface area (Å²) in [5, 5.41) is 12.1. The highest BCUT2D eigenvalue weighted by atomic mass is 35.5. The zero-order valence-electron chi connectivity index (χ0n) is 17.0. The smallest absolute Gasteiger partial charge is 0.216 e. The van der Waals surface area contributed by atoms with Gasteiger partial charge in [0.25, 0.3) is 0 Å². The van der Waals surface area contributed by atoms with Crippen LogP contribution in [0.3, 0.4) is 0 Å². The van der Waals surface area contributed by atoms with Crippen molar-refractivity contribution in [3.8, 4) is 22.9 Å². The number of H-pyrrole nitrogens is 1. The van der Waals surface area contributed by atoms with Crippen LogP contribution in [0, 0.1) is 10.6 Å². The molecule has 162 valence electrons. The maximum absolute atomic E-state index is 13.1. The van der Waals surface area contributed by atoms with Crippen molar-refractivity contribution in [1.29, 1.82) is 0 Å². The molecular weight excluding hydrogens is 451 g/mol. The second-order valence-electron chi connectivity index (χ2n) is 6.74. The predicted molar refractivity (Wildman–Crippen MR) is 125 cm³/mol. The molecule has 0 aliphatic heterocycles. The topological polar surface area (TPSA) is 64.4 Å². The number of aromatic nitrogens is 3. The average molecular weight is 469 g/mol. The second-order valence-corrected chi connectivity index (χ2v) is 7.57. The lowest BCUT2D eigenvalue weighted by atomic mass is 10.2. The molecule has 0 bridgehead atoms. The summed E-state index contributed by atoms with van der Waals surface area (Å²) in [5.41, 5.74) is 2.40. The van der Waals surface area contributed by atoms with Gasteiger partial charge in [-0.2, -0.15) is 14.9 Å². The van der Waals surface area contributed by atoms with Gasteiger partial charge in [0.05, 0.1) is 13.3 Å². The molecule has 0 unspecified atom stereocenters. The number of methoxy groups -OCH3 is 1. The molecule has 0 atom stereocenters. The first-order chi connectivity index (χ1) is 15.5. The van der Waals surface area contributed by atoms with Gasteiger partial charge in [-0.25, -0.2) is 9.49 Å². The Morgan fingerprint density at radius 3 is 2.69 bits per heavy atom. The van der Waals surface area contributed by atoms with Crippen LogP contribution >= 0.6 is 23.8 Å². The van der Waals surface area contributed by atoms with Crippen molar-refractivity contribution < 1.29 is 13.9 Å². The Morgan fingerprint density at radius 1 is 1.12 bits per heavy atom. The fraction of sp³-hybridized carbons (Fsp3) is 0.0870. The Morgan fingerprint density at radius 2 is 1.94 bits per heavy atom. The molecular formula is C23H18ClFN4O2S. The van der Waals surface area contributed by atoms with Crippen LogP contribution in [0.5, 0.6) is 11.5 Å². The van der Waals surface area contributed by atoms with E-state index in [2.05, 4.69) is 15.3 Å². The van der Waals surface area contributed by atoms with Crippen LogP contribution in [0.15, 0.2) is 71.8 Å². The molecule has 0 spiro atoms. The Kier molecular flexibility index (Phi) is 6.63. The van der Waals surface area contributed by atoms with E-state index in [0.29, 0.717) is 27.1 Å². The number of halogens is 2. The molecule has 0 aliphatic carbocycles. The summed E-state index contributed by atoms with van der Waals surface area (Å²) in [6.45, 7) is 0.289. The van der Waals surface area contributed by atoms with E-state index in [-0.39, 0.29) is 12.4 Å². The Balaban J connectivity index is 1.54. The van der Waals surface area contributed by atoms with Crippen molar-refractivity contribution >= 4 is 30.0 Å². The SMILES string of the molecule is COc1cc(/C=N\n2c(-c3cccc(Cl)c3)n[nH]c2=S)ccc1OCc1ccc(F)cc1. The number of hydrogen-bond donors (Lipinski definition) is 1. The van der Waals surface area contributed by atoms with Crippen LogP contribution in [-0.2, 0) is 6.61 Å². The second kappa shape index (κ2) is 9.76. The van der Waals surface area contributed by atoms with Crippen LogP contribution in [0.25, 0.3) is 11.4 Å². The van der Waals surface area contributed by atoms with Crippen LogP contribution in [-0.4, -0.2) is 28.2 Å². The third-order valence-corrected chi connectivity index (χ3v) is 5.05. The monoisotopic (exact) mass is 468 g/mol. The van der Waals surface area contributed by atoms with E-state index < -0.39 is 0 Å². The Labute approximate surface area is 193 Å². The molecule has 3 aromatic carbocycles. The lowest BCUT2D eigenvalue weighted by Gasteiger charge is -2.11. The zero-order valence-corrected chi connectivity index (χ0v) is 18.5. The Bertz CT molecular complexity index is 1320. The summed E-state index contributed by atoms with van der Waals surface area (Å²) in [6, 6.07) is 18.8. The summed E-state index contributed by atoms with van der Waals surface area (Å²) >= 11 is 11.4. The first kappa shape index (κ1) is 21.7. The van der Waals surface area contributed by atoms with Gasteiger partial charge in [-0.05, 0) is 65.8 Å². The molecule has 1 heterocycles. The predicted octanol–water partition coefficient (Wildman–Crippen LogP) is 5.87. The van der Waals surface area contributed by atoms with Gasteiger partial charge in [-0.15, -0.1) is 0 Å². The minimum absolute atomic E-state index is 0.286. The number of rotatable bonds is 7. The molecule has 0 saturated carbocycles. The quantitative estimate of drug-likeness (QED) is 0.272. The largest absolute Gasteiger partial charge is 0.493 e. The van der Waals surface area contributed by atoms with Crippen molar-refractivity contribution in [3.63, 3.8) is 0 Å². The molecule has 4 aromatic rings. The van der Waals surface area contributed by atoms with Gasteiger partial charge in [0.2, 0.25) is 4.77 Å². The van der Waals surface area contributed by atoms with Gasteiger partial charge in [0, 0.05) is 10.6 Å². The highest BCUT2D eigenvalue weighted by Gasteiger charge is 2.09. The van der Waals surface area contributed by atoms with E-state index >= 15 is 0 Å². The first-order valence-electron chi connectivity index (χ1n) is 9.56. The van der Waals surface area contributed by atoms with Gasteiger partial charge in [-0.3, -0.25) is 0 Å². The normalized spacial score (nSPS) is 11.1. The third kappa shape index (κ3) is 5.04. The van der Waals surface area contributed by atoms with Crippen LogP contribution in [0.1, 0.15) is 11.1 Å². The number of benzene rings is 3. The van der Waals surface area contributed by atoms with Crippen LogP contribution < -0.4 is 9.47 Å². The minimum Gasteiger partial charge on any atom is -0.493 e. The maximum Gasteiger partial charge on any atom is 0.216 e. The zero-order chi connectivity index (χ0) is 22.5. The maximum atomic E-state index is 13.1. The average Bonchev–Trinajstić information content (AvgIpc) is 3.17. The van der Waals surface area contributed by atoms with Crippen molar-refractivity contribution in [2.24, 2.45) is 5.10 Å². The fourth-order valence-corrected chi connectivity index (χ4v) is 3.33. The van der Waals surface area contributed by atoms with Crippen LogP contribution in [0.2, 0.25) is 5.02 Å². The van der Waals surface area contributed by atoms with E-state index in [0.717, 1.165) is 16.7 Å².